The molecule has 0 radical (unpaired) electrons. The van der Waals surface area contributed by atoms with Gasteiger partial charge in [0.05, 0.1) is 5.69 Å². The second-order valence-electron chi connectivity index (χ2n) is 6.65. The Balaban J connectivity index is 1.35. The molecule has 0 atom stereocenters. The Labute approximate surface area is 161 Å². The van der Waals surface area contributed by atoms with Gasteiger partial charge in [-0.2, -0.15) is 5.10 Å². The highest BCUT2D eigenvalue weighted by Gasteiger charge is 2.14. The first-order valence-corrected chi connectivity index (χ1v) is 9.02. The third-order valence-electron chi connectivity index (χ3n) is 4.57. The number of carbonyl (C=O) groups excluding carboxylic acids is 1. The predicted octanol–water partition coefficient (Wildman–Crippen LogP) is 3.20. The van der Waals surface area contributed by atoms with Crippen LogP contribution in [0.15, 0.2) is 48.7 Å². The van der Waals surface area contributed by atoms with Gasteiger partial charge >= 0.3 is 0 Å². The van der Waals surface area contributed by atoms with Crippen LogP contribution in [0, 0.1) is 5.82 Å². The van der Waals surface area contributed by atoms with Crippen LogP contribution in [0.5, 0.6) is 11.5 Å². The number of halogens is 1. The van der Waals surface area contributed by atoms with Gasteiger partial charge in [-0.3, -0.25) is 9.48 Å². The van der Waals surface area contributed by atoms with Crippen LogP contribution in [0.4, 0.5) is 4.39 Å². The lowest BCUT2D eigenvalue weighted by Crippen LogP contribution is -2.23. The maximum atomic E-state index is 13.2. The van der Waals surface area contributed by atoms with Crippen molar-refractivity contribution in [2.75, 3.05) is 6.79 Å². The molecule has 0 aliphatic carbocycles. The summed E-state index contributed by atoms with van der Waals surface area (Å²) in [6.07, 6.45) is 2.78. The summed E-state index contributed by atoms with van der Waals surface area (Å²) in [6, 6.07) is 11.8. The Morgan fingerprint density at radius 3 is 2.79 bits per heavy atom. The van der Waals surface area contributed by atoms with Crippen molar-refractivity contribution >= 4 is 5.91 Å². The first-order chi connectivity index (χ1) is 13.6. The minimum atomic E-state index is -0.288. The quantitative estimate of drug-likeness (QED) is 0.712. The Morgan fingerprint density at radius 1 is 1.18 bits per heavy atom. The lowest BCUT2D eigenvalue weighted by Gasteiger charge is -2.07. The van der Waals surface area contributed by atoms with Gasteiger partial charge in [0.2, 0.25) is 12.7 Å². The van der Waals surface area contributed by atoms with Crippen LogP contribution in [0.2, 0.25) is 0 Å². The monoisotopic (exact) mass is 381 g/mol. The molecular weight excluding hydrogens is 361 g/mol. The van der Waals surface area contributed by atoms with Crippen molar-refractivity contribution < 1.29 is 18.7 Å². The number of rotatable bonds is 6. The molecule has 0 saturated carbocycles. The number of aromatic nitrogens is 2. The molecule has 3 aromatic rings. The van der Waals surface area contributed by atoms with E-state index in [0.717, 1.165) is 28.1 Å². The Kier molecular flexibility index (Phi) is 4.97. The summed E-state index contributed by atoms with van der Waals surface area (Å²) in [5.41, 5.74) is 3.50. The van der Waals surface area contributed by atoms with Gasteiger partial charge in [-0.1, -0.05) is 6.07 Å². The molecule has 0 unspecified atom stereocenters. The molecule has 4 rings (SSSR count). The van der Waals surface area contributed by atoms with E-state index in [0.29, 0.717) is 25.1 Å². The van der Waals surface area contributed by atoms with E-state index in [-0.39, 0.29) is 18.5 Å². The Hall–Kier alpha value is -3.35. The number of nitrogens with zero attached hydrogens (tertiary/aromatic N) is 2. The second kappa shape index (κ2) is 7.72. The fraction of sp³-hybridized carbons (Fsp3) is 0.238. The molecule has 7 heteroatoms. The summed E-state index contributed by atoms with van der Waals surface area (Å²) < 4.78 is 25.5. The topological polar surface area (TPSA) is 65.4 Å². The zero-order valence-electron chi connectivity index (χ0n) is 15.4. The Morgan fingerprint density at radius 2 is 1.96 bits per heavy atom. The van der Waals surface area contributed by atoms with Gasteiger partial charge in [-0.15, -0.1) is 0 Å². The van der Waals surface area contributed by atoms with Gasteiger partial charge < -0.3 is 14.8 Å². The van der Waals surface area contributed by atoms with Crippen molar-refractivity contribution in [1.29, 1.82) is 0 Å². The third-order valence-corrected chi connectivity index (χ3v) is 4.57. The first kappa shape index (κ1) is 18.0. The van der Waals surface area contributed by atoms with Crippen molar-refractivity contribution in [3.63, 3.8) is 0 Å². The van der Waals surface area contributed by atoms with Gasteiger partial charge in [0, 0.05) is 31.8 Å². The third kappa shape index (κ3) is 3.98. The van der Waals surface area contributed by atoms with Crippen molar-refractivity contribution in [1.82, 2.24) is 15.1 Å². The average molecular weight is 381 g/mol. The highest BCUT2D eigenvalue weighted by molar-refractivity contribution is 5.76. The first-order valence-electron chi connectivity index (χ1n) is 9.02. The van der Waals surface area contributed by atoms with E-state index in [4.69, 9.17) is 9.47 Å². The summed E-state index contributed by atoms with van der Waals surface area (Å²) in [4.78, 5) is 12.3. The van der Waals surface area contributed by atoms with Crippen LogP contribution in [-0.4, -0.2) is 22.5 Å². The summed E-state index contributed by atoms with van der Waals surface area (Å²) >= 11 is 0. The molecule has 144 valence electrons. The minimum absolute atomic E-state index is 0.0495. The SMILES string of the molecule is Cn1cc(CCC(=O)NCc2ccc3c(c2)OCO3)c(-c2ccc(F)cc2)n1. The molecule has 1 aromatic heterocycles. The zero-order chi connectivity index (χ0) is 19.5. The highest BCUT2D eigenvalue weighted by Crippen LogP contribution is 2.32. The summed E-state index contributed by atoms with van der Waals surface area (Å²) in [7, 11) is 1.83. The molecule has 2 heterocycles. The summed E-state index contributed by atoms with van der Waals surface area (Å²) in [5.74, 6) is 1.08. The molecule has 6 nitrogen and oxygen atoms in total. The van der Waals surface area contributed by atoms with Crippen molar-refractivity contribution in [2.45, 2.75) is 19.4 Å². The molecule has 0 saturated heterocycles. The number of amides is 1. The van der Waals surface area contributed by atoms with Gasteiger partial charge in [0.15, 0.2) is 11.5 Å². The van der Waals surface area contributed by atoms with Gasteiger partial charge in [0.25, 0.3) is 0 Å². The molecule has 1 amide bonds. The number of ether oxygens (including phenoxy) is 2. The van der Waals surface area contributed by atoms with Crippen molar-refractivity contribution in [3.8, 4) is 22.8 Å². The van der Waals surface area contributed by atoms with Crippen LogP contribution >= 0.6 is 0 Å². The maximum absolute atomic E-state index is 13.2. The largest absolute Gasteiger partial charge is 0.454 e. The fourth-order valence-corrected chi connectivity index (χ4v) is 3.16. The predicted molar refractivity (Wildman–Crippen MR) is 101 cm³/mol. The van der Waals surface area contributed by atoms with Crippen LogP contribution in [0.3, 0.4) is 0 Å². The number of fused-ring (bicyclic) bond motifs is 1. The standard InChI is InChI=1S/C21H20FN3O3/c1-25-12-16(21(24-25)15-3-6-17(22)7-4-15)5-9-20(26)23-11-14-2-8-18-19(10-14)28-13-27-18/h2-4,6-8,10,12H,5,9,11,13H2,1H3,(H,23,26). The number of hydrogen-bond donors (Lipinski definition) is 1. The maximum Gasteiger partial charge on any atom is 0.231 e. The molecule has 0 bridgehead atoms. The number of carbonyl (C=O) groups is 1. The van der Waals surface area contributed by atoms with Crippen molar-refractivity contribution in [2.24, 2.45) is 7.05 Å². The smallest absolute Gasteiger partial charge is 0.231 e. The lowest BCUT2D eigenvalue weighted by atomic mass is 10.0. The van der Waals surface area contributed by atoms with Crippen LogP contribution in [0.25, 0.3) is 11.3 Å². The highest BCUT2D eigenvalue weighted by atomic mass is 19.1. The van der Waals surface area contributed by atoms with E-state index >= 15 is 0 Å². The van der Waals surface area contributed by atoms with Crippen LogP contribution in [-0.2, 0) is 24.8 Å². The van der Waals surface area contributed by atoms with Gasteiger partial charge in [-0.25, -0.2) is 4.39 Å². The van der Waals surface area contributed by atoms with Crippen LogP contribution < -0.4 is 14.8 Å². The lowest BCUT2D eigenvalue weighted by molar-refractivity contribution is -0.121. The number of nitrogens with one attached hydrogen (secondary N) is 1. The zero-order valence-corrected chi connectivity index (χ0v) is 15.4. The molecule has 2 aromatic carbocycles. The molecule has 0 spiro atoms. The van der Waals surface area contributed by atoms with Crippen molar-refractivity contribution in [3.05, 3.63) is 65.6 Å². The number of benzene rings is 2. The van der Waals surface area contributed by atoms with E-state index in [9.17, 15) is 9.18 Å². The average Bonchev–Trinajstić information content (AvgIpc) is 3.31. The molecule has 28 heavy (non-hydrogen) atoms. The molecule has 1 N–H and O–H groups in total. The molecule has 1 aliphatic heterocycles. The molecule has 0 fully saturated rings. The normalized spacial score (nSPS) is 12.2. The summed E-state index contributed by atoms with van der Waals surface area (Å²) in [5, 5.41) is 7.37. The van der Waals surface area contributed by atoms with Crippen LogP contribution in [0.1, 0.15) is 17.5 Å². The fourth-order valence-electron chi connectivity index (χ4n) is 3.16. The van der Waals surface area contributed by atoms with E-state index in [1.807, 2.05) is 31.4 Å². The number of aryl methyl sites for hydroxylation is 2. The van der Waals surface area contributed by atoms with E-state index < -0.39 is 0 Å². The Bertz CT molecular complexity index is 999. The van der Waals surface area contributed by atoms with E-state index in [1.54, 1.807) is 16.8 Å². The number of hydrogen-bond acceptors (Lipinski definition) is 4. The minimum Gasteiger partial charge on any atom is -0.454 e. The van der Waals surface area contributed by atoms with Gasteiger partial charge in [0.1, 0.15) is 5.82 Å². The van der Waals surface area contributed by atoms with E-state index in [2.05, 4.69) is 10.4 Å². The second-order valence-corrected chi connectivity index (χ2v) is 6.65. The van der Waals surface area contributed by atoms with Gasteiger partial charge in [-0.05, 0) is 53.9 Å². The molecule has 1 aliphatic rings. The summed E-state index contributed by atoms with van der Waals surface area (Å²) in [6.45, 7) is 0.653. The van der Waals surface area contributed by atoms with E-state index in [1.165, 1.54) is 12.1 Å². The molecular formula is C21H20FN3O3.